The molecule has 0 saturated heterocycles. The van der Waals surface area contributed by atoms with Crippen molar-refractivity contribution in [1.82, 2.24) is 9.55 Å². The van der Waals surface area contributed by atoms with Gasteiger partial charge < -0.3 is 5.32 Å². The summed E-state index contributed by atoms with van der Waals surface area (Å²) in [5, 5.41) is 4.23. The Labute approximate surface area is 112 Å². The summed E-state index contributed by atoms with van der Waals surface area (Å²) in [6.45, 7) is 4.02. The molecule has 0 bridgehead atoms. The molecule has 1 aliphatic rings. The summed E-state index contributed by atoms with van der Waals surface area (Å²) in [5.41, 5.74) is 3.06. The number of aryl methyl sites for hydroxylation is 2. The molecule has 1 aromatic carbocycles. The summed E-state index contributed by atoms with van der Waals surface area (Å²) < 4.78 is 2.04. The standard InChI is InChI=1S/C14H16ClN3/c1-9-4-3-5-12(13(9)15)18-8-10(2)16-14(18)17-11-6-7-11/h3-5,8,11H,6-7H2,1-2H3,(H,16,17). The number of halogens is 1. The topological polar surface area (TPSA) is 29.9 Å². The second-order valence-electron chi connectivity index (χ2n) is 4.90. The van der Waals surface area contributed by atoms with Crippen LogP contribution in [-0.4, -0.2) is 15.6 Å². The molecule has 0 aliphatic heterocycles. The average Bonchev–Trinajstić information content (AvgIpc) is 3.06. The highest BCUT2D eigenvalue weighted by Gasteiger charge is 2.23. The van der Waals surface area contributed by atoms with Crippen molar-refractivity contribution in [2.24, 2.45) is 0 Å². The van der Waals surface area contributed by atoms with Gasteiger partial charge in [-0.15, -0.1) is 0 Å². The maximum absolute atomic E-state index is 6.38. The van der Waals surface area contributed by atoms with E-state index < -0.39 is 0 Å². The number of hydrogen-bond acceptors (Lipinski definition) is 2. The SMILES string of the molecule is Cc1cn(-c2cccc(C)c2Cl)c(NC2CC2)n1. The molecule has 3 nitrogen and oxygen atoms in total. The Morgan fingerprint density at radius 3 is 2.83 bits per heavy atom. The van der Waals surface area contributed by atoms with Crippen LogP contribution in [-0.2, 0) is 0 Å². The lowest BCUT2D eigenvalue weighted by atomic mass is 10.2. The number of imidazole rings is 1. The normalized spacial score (nSPS) is 14.8. The summed E-state index contributed by atoms with van der Waals surface area (Å²) in [6, 6.07) is 6.64. The molecule has 0 atom stereocenters. The van der Waals surface area contributed by atoms with E-state index in [2.05, 4.69) is 10.3 Å². The summed E-state index contributed by atoms with van der Waals surface area (Å²) in [5.74, 6) is 0.891. The van der Waals surface area contributed by atoms with Crippen LogP contribution in [0, 0.1) is 13.8 Å². The molecule has 94 valence electrons. The molecule has 1 fully saturated rings. The second kappa shape index (κ2) is 4.32. The molecule has 0 unspecified atom stereocenters. The van der Waals surface area contributed by atoms with Gasteiger partial charge in [-0.05, 0) is 38.3 Å². The maximum atomic E-state index is 6.38. The van der Waals surface area contributed by atoms with Crippen LogP contribution >= 0.6 is 11.6 Å². The molecule has 1 saturated carbocycles. The fourth-order valence-corrected chi connectivity index (χ4v) is 2.23. The van der Waals surface area contributed by atoms with Crippen LogP contribution in [0.1, 0.15) is 24.1 Å². The molecular formula is C14H16ClN3. The lowest BCUT2D eigenvalue weighted by molar-refractivity contribution is 1.00. The lowest BCUT2D eigenvalue weighted by Crippen LogP contribution is -2.08. The number of aromatic nitrogens is 2. The summed E-state index contributed by atoms with van der Waals surface area (Å²) in [4.78, 5) is 4.53. The number of anilines is 1. The van der Waals surface area contributed by atoms with Crippen LogP contribution in [0.25, 0.3) is 5.69 Å². The zero-order valence-electron chi connectivity index (χ0n) is 10.6. The van der Waals surface area contributed by atoms with E-state index in [1.54, 1.807) is 0 Å². The molecule has 0 spiro atoms. The molecule has 3 rings (SSSR count). The maximum Gasteiger partial charge on any atom is 0.208 e. The first kappa shape index (κ1) is 11.6. The Kier molecular flexibility index (Phi) is 2.78. The number of nitrogens with one attached hydrogen (secondary N) is 1. The van der Waals surface area contributed by atoms with Crippen molar-refractivity contribution in [2.45, 2.75) is 32.7 Å². The molecule has 4 heteroatoms. The van der Waals surface area contributed by atoms with Gasteiger partial charge in [0.1, 0.15) is 0 Å². The van der Waals surface area contributed by atoms with Crippen molar-refractivity contribution in [3.63, 3.8) is 0 Å². The molecule has 1 heterocycles. The summed E-state index contributed by atoms with van der Waals surface area (Å²) in [6.07, 6.45) is 4.48. The van der Waals surface area contributed by atoms with E-state index in [-0.39, 0.29) is 0 Å². The molecule has 18 heavy (non-hydrogen) atoms. The van der Waals surface area contributed by atoms with Crippen LogP contribution in [0.5, 0.6) is 0 Å². The molecule has 2 aromatic rings. The van der Waals surface area contributed by atoms with Crippen molar-refractivity contribution >= 4 is 17.5 Å². The Morgan fingerprint density at radius 2 is 2.11 bits per heavy atom. The van der Waals surface area contributed by atoms with E-state index >= 15 is 0 Å². The Hall–Kier alpha value is -1.48. The minimum absolute atomic E-state index is 0.578. The first-order valence-electron chi connectivity index (χ1n) is 6.23. The van der Waals surface area contributed by atoms with Gasteiger partial charge >= 0.3 is 0 Å². The predicted octanol–water partition coefficient (Wildman–Crippen LogP) is 3.72. The van der Waals surface area contributed by atoms with Crippen molar-refractivity contribution in [2.75, 3.05) is 5.32 Å². The van der Waals surface area contributed by atoms with Gasteiger partial charge in [0.2, 0.25) is 5.95 Å². The van der Waals surface area contributed by atoms with Crippen molar-refractivity contribution in [3.05, 3.63) is 40.7 Å². The fraction of sp³-hybridized carbons (Fsp3) is 0.357. The van der Waals surface area contributed by atoms with Gasteiger partial charge in [-0.2, -0.15) is 0 Å². The van der Waals surface area contributed by atoms with E-state index in [1.807, 2.05) is 42.8 Å². The lowest BCUT2D eigenvalue weighted by Gasteiger charge is -2.11. The van der Waals surface area contributed by atoms with E-state index in [0.29, 0.717) is 6.04 Å². The van der Waals surface area contributed by atoms with E-state index in [4.69, 9.17) is 11.6 Å². The van der Waals surface area contributed by atoms with Crippen LogP contribution in [0.4, 0.5) is 5.95 Å². The fourth-order valence-electron chi connectivity index (χ4n) is 2.01. The molecule has 1 N–H and O–H groups in total. The third-order valence-electron chi connectivity index (χ3n) is 3.17. The highest BCUT2D eigenvalue weighted by molar-refractivity contribution is 6.33. The Balaban J connectivity index is 2.06. The highest BCUT2D eigenvalue weighted by atomic mass is 35.5. The Bertz CT molecular complexity index is 585. The van der Waals surface area contributed by atoms with Gasteiger partial charge in [0.25, 0.3) is 0 Å². The van der Waals surface area contributed by atoms with Crippen molar-refractivity contribution in [1.29, 1.82) is 0 Å². The number of rotatable bonds is 3. The highest BCUT2D eigenvalue weighted by Crippen LogP contribution is 2.29. The van der Waals surface area contributed by atoms with E-state index in [9.17, 15) is 0 Å². The largest absolute Gasteiger partial charge is 0.353 e. The summed E-state index contributed by atoms with van der Waals surface area (Å²) in [7, 11) is 0. The van der Waals surface area contributed by atoms with Gasteiger partial charge in [-0.3, -0.25) is 4.57 Å². The number of benzene rings is 1. The minimum Gasteiger partial charge on any atom is -0.353 e. The molecule has 0 amide bonds. The van der Waals surface area contributed by atoms with E-state index in [0.717, 1.165) is 27.9 Å². The van der Waals surface area contributed by atoms with Crippen LogP contribution < -0.4 is 5.32 Å². The second-order valence-corrected chi connectivity index (χ2v) is 5.28. The predicted molar refractivity (Wildman–Crippen MR) is 74.7 cm³/mol. The minimum atomic E-state index is 0.578. The Morgan fingerprint density at radius 1 is 1.33 bits per heavy atom. The van der Waals surface area contributed by atoms with Gasteiger partial charge in [-0.1, -0.05) is 23.7 Å². The third kappa shape index (κ3) is 2.10. The number of nitrogens with zero attached hydrogens (tertiary/aromatic N) is 2. The van der Waals surface area contributed by atoms with Crippen LogP contribution in [0.15, 0.2) is 24.4 Å². The van der Waals surface area contributed by atoms with Gasteiger partial charge in [0.05, 0.1) is 16.4 Å². The average molecular weight is 262 g/mol. The van der Waals surface area contributed by atoms with Gasteiger partial charge in [0, 0.05) is 12.2 Å². The smallest absolute Gasteiger partial charge is 0.208 e. The molecular weight excluding hydrogens is 246 g/mol. The monoisotopic (exact) mass is 261 g/mol. The third-order valence-corrected chi connectivity index (χ3v) is 3.66. The van der Waals surface area contributed by atoms with Crippen LogP contribution in [0.2, 0.25) is 5.02 Å². The van der Waals surface area contributed by atoms with Gasteiger partial charge in [0.15, 0.2) is 0 Å². The first-order chi connectivity index (χ1) is 8.65. The van der Waals surface area contributed by atoms with Gasteiger partial charge in [-0.25, -0.2) is 4.98 Å². The zero-order valence-corrected chi connectivity index (χ0v) is 11.3. The first-order valence-corrected chi connectivity index (χ1v) is 6.61. The van der Waals surface area contributed by atoms with Crippen molar-refractivity contribution in [3.8, 4) is 5.69 Å². The summed E-state index contributed by atoms with van der Waals surface area (Å²) >= 11 is 6.38. The quantitative estimate of drug-likeness (QED) is 0.913. The molecule has 0 radical (unpaired) electrons. The van der Waals surface area contributed by atoms with Crippen molar-refractivity contribution < 1.29 is 0 Å². The number of hydrogen-bond donors (Lipinski definition) is 1. The molecule has 1 aliphatic carbocycles. The van der Waals surface area contributed by atoms with Crippen LogP contribution in [0.3, 0.4) is 0 Å². The molecule has 1 aromatic heterocycles. The zero-order chi connectivity index (χ0) is 12.7. The van der Waals surface area contributed by atoms with E-state index in [1.165, 1.54) is 12.8 Å².